The summed E-state index contributed by atoms with van der Waals surface area (Å²) in [5, 5.41) is 12.3. The van der Waals surface area contributed by atoms with E-state index < -0.39 is 0 Å². The zero-order valence-corrected chi connectivity index (χ0v) is 13.7. The Morgan fingerprint density at radius 2 is 2.00 bits per heavy atom. The second-order valence-electron chi connectivity index (χ2n) is 6.21. The number of nitrogens with one attached hydrogen (secondary N) is 1. The molecule has 0 aliphatic carbocycles. The number of fused-ring (bicyclic) bond motifs is 1. The number of piperazine rings is 2. The number of anilines is 1. The number of carbonyl (C=O) groups is 1. The Balaban J connectivity index is 1.56. The molecule has 2 aliphatic rings. The van der Waals surface area contributed by atoms with Gasteiger partial charge in [-0.25, -0.2) is 9.97 Å². The molecular formula is C18H18N6O. The Morgan fingerprint density at radius 1 is 1.16 bits per heavy atom. The van der Waals surface area contributed by atoms with E-state index in [1.807, 2.05) is 12.1 Å². The minimum absolute atomic E-state index is 0.0534. The molecule has 0 unspecified atom stereocenters. The van der Waals surface area contributed by atoms with Gasteiger partial charge in [-0.15, -0.1) is 0 Å². The van der Waals surface area contributed by atoms with E-state index in [1.165, 1.54) is 0 Å². The number of carbonyl (C=O) groups excluding carboxylic acids is 1. The number of amides is 1. The van der Waals surface area contributed by atoms with Gasteiger partial charge in [0.25, 0.3) is 0 Å². The van der Waals surface area contributed by atoms with Crippen molar-refractivity contribution in [2.75, 3.05) is 37.6 Å². The molecular weight excluding hydrogens is 316 g/mol. The topological polar surface area (TPSA) is 85.2 Å². The molecule has 0 radical (unpaired) electrons. The van der Waals surface area contributed by atoms with Crippen molar-refractivity contribution in [3.05, 3.63) is 42.2 Å². The van der Waals surface area contributed by atoms with Crippen LogP contribution in [0.2, 0.25) is 0 Å². The van der Waals surface area contributed by atoms with Crippen LogP contribution in [0.4, 0.5) is 5.95 Å². The number of benzene rings is 1. The van der Waals surface area contributed by atoms with E-state index in [0.29, 0.717) is 24.6 Å². The Morgan fingerprint density at radius 3 is 2.80 bits per heavy atom. The second-order valence-corrected chi connectivity index (χ2v) is 6.21. The van der Waals surface area contributed by atoms with Crippen LogP contribution in [0.3, 0.4) is 0 Å². The lowest BCUT2D eigenvalue weighted by Crippen LogP contribution is -2.64. The maximum absolute atomic E-state index is 12.7. The van der Waals surface area contributed by atoms with Crippen LogP contribution < -0.4 is 10.2 Å². The quantitative estimate of drug-likeness (QED) is 0.867. The summed E-state index contributed by atoms with van der Waals surface area (Å²) in [6.07, 6.45) is 3.41. The monoisotopic (exact) mass is 334 g/mol. The average molecular weight is 334 g/mol. The van der Waals surface area contributed by atoms with Gasteiger partial charge < -0.3 is 5.32 Å². The Labute approximate surface area is 145 Å². The van der Waals surface area contributed by atoms with Crippen molar-refractivity contribution >= 4 is 11.9 Å². The zero-order chi connectivity index (χ0) is 17.2. The molecule has 2 fully saturated rings. The summed E-state index contributed by atoms with van der Waals surface area (Å²) in [4.78, 5) is 25.4. The number of aromatic nitrogens is 2. The Hall–Kier alpha value is -2.82. The zero-order valence-electron chi connectivity index (χ0n) is 13.7. The number of nitrogens with zero attached hydrogens (tertiary/aromatic N) is 5. The highest BCUT2D eigenvalue weighted by Crippen LogP contribution is 2.22. The van der Waals surface area contributed by atoms with Gasteiger partial charge in [-0.3, -0.25) is 14.6 Å². The van der Waals surface area contributed by atoms with Crippen molar-refractivity contribution in [1.82, 2.24) is 20.2 Å². The van der Waals surface area contributed by atoms with Crippen LogP contribution in [0.25, 0.3) is 11.1 Å². The van der Waals surface area contributed by atoms with E-state index in [0.717, 1.165) is 30.8 Å². The van der Waals surface area contributed by atoms with Crippen LogP contribution in [0, 0.1) is 11.3 Å². The van der Waals surface area contributed by atoms with Crippen molar-refractivity contribution in [2.45, 2.75) is 6.04 Å². The first-order valence-electron chi connectivity index (χ1n) is 8.35. The average Bonchev–Trinajstić information content (AvgIpc) is 2.69. The lowest BCUT2D eigenvalue weighted by molar-refractivity contribution is -0.126. The molecule has 1 atom stereocenters. The summed E-state index contributed by atoms with van der Waals surface area (Å²) >= 11 is 0. The highest BCUT2D eigenvalue weighted by molar-refractivity contribution is 5.96. The summed E-state index contributed by atoms with van der Waals surface area (Å²) in [5.41, 5.74) is 2.31. The van der Waals surface area contributed by atoms with E-state index in [1.54, 1.807) is 29.4 Å². The normalized spacial score (nSPS) is 20.8. The standard InChI is InChI=1S/C18H18N6O/c19-9-13-2-1-3-14(8-13)15-10-21-18(22-11-15)24-7-6-23-5-4-20-12-16(23)17(24)25/h1-3,8,10-11,16,20H,4-7,12H2/t16-/m1/s1. The molecule has 0 spiro atoms. The second kappa shape index (κ2) is 6.59. The van der Waals surface area contributed by atoms with Gasteiger partial charge in [0.15, 0.2) is 0 Å². The van der Waals surface area contributed by atoms with Crippen molar-refractivity contribution in [2.24, 2.45) is 0 Å². The summed E-state index contributed by atoms with van der Waals surface area (Å²) in [6.45, 7) is 3.95. The number of nitriles is 1. The molecule has 1 N–H and O–H groups in total. The maximum atomic E-state index is 12.7. The first-order chi connectivity index (χ1) is 12.3. The molecule has 3 heterocycles. The van der Waals surface area contributed by atoms with Crippen molar-refractivity contribution in [3.8, 4) is 17.2 Å². The molecule has 2 aliphatic heterocycles. The molecule has 25 heavy (non-hydrogen) atoms. The smallest absolute Gasteiger partial charge is 0.248 e. The molecule has 1 aromatic carbocycles. The molecule has 7 nitrogen and oxygen atoms in total. The molecule has 1 amide bonds. The molecule has 0 saturated carbocycles. The Bertz CT molecular complexity index is 828. The number of hydrogen-bond donors (Lipinski definition) is 1. The van der Waals surface area contributed by atoms with Crippen LogP contribution in [0.15, 0.2) is 36.7 Å². The van der Waals surface area contributed by atoms with Gasteiger partial charge in [0.2, 0.25) is 11.9 Å². The molecule has 7 heteroatoms. The van der Waals surface area contributed by atoms with Gasteiger partial charge in [0.05, 0.1) is 11.6 Å². The van der Waals surface area contributed by atoms with E-state index in [4.69, 9.17) is 5.26 Å². The Kier molecular flexibility index (Phi) is 4.14. The fourth-order valence-electron chi connectivity index (χ4n) is 3.35. The van der Waals surface area contributed by atoms with E-state index >= 15 is 0 Å². The largest absolute Gasteiger partial charge is 0.313 e. The number of hydrogen-bond acceptors (Lipinski definition) is 6. The first-order valence-corrected chi connectivity index (χ1v) is 8.35. The summed E-state index contributed by atoms with van der Waals surface area (Å²) in [6, 6.07) is 9.31. The summed E-state index contributed by atoms with van der Waals surface area (Å²) in [5.74, 6) is 0.494. The molecule has 4 rings (SSSR count). The van der Waals surface area contributed by atoms with Crippen molar-refractivity contribution in [1.29, 1.82) is 5.26 Å². The third-order valence-electron chi connectivity index (χ3n) is 4.72. The van der Waals surface area contributed by atoms with Crippen LogP contribution in [-0.4, -0.2) is 59.5 Å². The van der Waals surface area contributed by atoms with Gasteiger partial charge >= 0.3 is 0 Å². The summed E-state index contributed by atoms with van der Waals surface area (Å²) < 4.78 is 0. The van der Waals surface area contributed by atoms with E-state index in [-0.39, 0.29) is 11.9 Å². The number of rotatable bonds is 2. The van der Waals surface area contributed by atoms with Crippen LogP contribution in [0.5, 0.6) is 0 Å². The van der Waals surface area contributed by atoms with Crippen LogP contribution in [-0.2, 0) is 4.79 Å². The van der Waals surface area contributed by atoms with Gasteiger partial charge in [0, 0.05) is 50.7 Å². The lowest BCUT2D eigenvalue weighted by Gasteiger charge is -2.42. The minimum Gasteiger partial charge on any atom is -0.313 e. The molecule has 126 valence electrons. The van der Waals surface area contributed by atoms with Crippen LogP contribution >= 0.6 is 0 Å². The maximum Gasteiger partial charge on any atom is 0.248 e. The predicted octanol–water partition coefficient (Wildman–Crippen LogP) is 0.636. The lowest BCUT2D eigenvalue weighted by atomic mass is 10.1. The fourth-order valence-corrected chi connectivity index (χ4v) is 3.35. The predicted molar refractivity (Wildman–Crippen MR) is 92.8 cm³/mol. The first kappa shape index (κ1) is 15.7. The van der Waals surface area contributed by atoms with Crippen molar-refractivity contribution < 1.29 is 4.79 Å². The molecule has 2 aromatic rings. The molecule has 0 bridgehead atoms. The summed E-state index contributed by atoms with van der Waals surface area (Å²) in [7, 11) is 0. The van der Waals surface area contributed by atoms with Crippen LogP contribution in [0.1, 0.15) is 5.56 Å². The van der Waals surface area contributed by atoms with Gasteiger partial charge in [-0.05, 0) is 17.7 Å². The van der Waals surface area contributed by atoms with Crippen molar-refractivity contribution in [3.63, 3.8) is 0 Å². The highest BCUT2D eigenvalue weighted by Gasteiger charge is 2.37. The molecule has 1 aromatic heterocycles. The SMILES string of the molecule is N#Cc1cccc(-c2cnc(N3CCN4CCNC[C@@H]4C3=O)nc2)c1. The van der Waals surface area contributed by atoms with E-state index in [9.17, 15) is 4.79 Å². The third-order valence-corrected chi connectivity index (χ3v) is 4.72. The third kappa shape index (κ3) is 2.97. The van der Waals surface area contributed by atoms with Gasteiger partial charge in [-0.1, -0.05) is 12.1 Å². The minimum atomic E-state index is -0.127. The highest BCUT2D eigenvalue weighted by atomic mass is 16.2. The van der Waals surface area contributed by atoms with Gasteiger partial charge in [-0.2, -0.15) is 5.26 Å². The van der Waals surface area contributed by atoms with E-state index in [2.05, 4.69) is 26.3 Å². The fraction of sp³-hybridized carbons (Fsp3) is 0.333. The molecule has 2 saturated heterocycles. The van der Waals surface area contributed by atoms with Gasteiger partial charge in [0.1, 0.15) is 6.04 Å².